The van der Waals surface area contributed by atoms with Gasteiger partial charge in [-0.25, -0.2) is 0 Å². The Kier molecular flexibility index (Phi) is 5.38. The third kappa shape index (κ3) is 3.85. The van der Waals surface area contributed by atoms with Gasteiger partial charge in [-0.3, -0.25) is 10.1 Å². The minimum Gasteiger partial charge on any atom is -0.487 e. The molecule has 2 rings (SSSR count). The molecule has 0 aromatic heterocycles. The van der Waals surface area contributed by atoms with Crippen molar-refractivity contribution in [3.8, 4) is 5.75 Å². The maximum Gasteiger partial charge on any atom is 0.333 e. The average molecular weight is 294 g/mol. The number of nitrogens with zero attached hydrogens (tertiary/aromatic N) is 1. The fourth-order valence-corrected chi connectivity index (χ4v) is 2.79. The van der Waals surface area contributed by atoms with Gasteiger partial charge in [0.1, 0.15) is 5.69 Å². The molecule has 1 aliphatic rings. The van der Waals surface area contributed by atoms with Crippen molar-refractivity contribution in [1.82, 2.24) is 0 Å². The third-order valence-corrected chi connectivity index (χ3v) is 3.91. The highest BCUT2D eigenvalue weighted by Crippen LogP contribution is 2.35. The Morgan fingerprint density at radius 3 is 2.86 bits per heavy atom. The van der Waals surface area contributed by atoms with E-state index in [0.29, 0.717) is 18.8 Å². The number of nitro groups is 1. The smallest absolute Gasteiger partial charge is 0.333 e. The van der Waals surface area contributed by atoms with Crippen LogP contribution in [0.2, 0.25) is 0 Å². The minimum atomic E-state index is -0.426. The highest BCUT2D eigenvalue weighted by atomic mass is 16.6. The molecule has 2 atom stereocenters. The van der Waals surface area contributed by atoms with Gasteiger partial charge in [-0.2, -0.15) is 0 Å². The predicted octanol–water partition coefficient (Wildman–Crippen LogP) is 2.96. The Hall–Kier alpha value is -1.82. The second kappa shape index (κ2) is 7.26. The summed E-state index contributed by atoms with van der Waals surface area (Å²) in [7, 11) is 0. The largest absolute Gasteiger partial charge is 0.487 e. The SMILES string of the molecule is CCOc1cccc(NCC2CCCCC2O)c1[N+](=O)[O-]. The Bertz CT molecular complexity index is 493. The molecule has 0 radical (unpaired) electrons. The molecule has 0 bridgehead atoms. The number of aliphatic hydroxyl groups excluding tert-OH is 1. The lowest BCUT2D eigenvalue weighted by molar-refractivity contribution is -0.384. The van der Waals surface area contributed by atoms with Crippen molar-refractivity contribution < 1.29 is 14.8 Å². The first-order valence-corrected chi connectivity index (χ1v) is 7.45. The number of hydrogen-bond acceptors (Lipinski definition) is 5. The number of nitro benzene ring substituents is 1. The van der Waals surface area contributed by atoms with Gasteiger partial charge >= 0.3 is 5.69 Å². The first-order valence-electron chi connectivity index (χ1n) is 7.45. The molecule has 116 valence electrons. The van der Waals surface area contributed by atoms with Gasteiger partial charge in [-0.15, -0.1) is 0 Å². The highest BCUT2D eigenvalue weighted by molar-refractivity contribution is 5.68. The van der Waals surface area contributed by atoms with E-state index in [1.807, 2.05) is 0 Å². The highest BCUT2D eigenvalue weighted by Gasteiger charge is 2.25. The number of rotatable bonds is 6. The topological polar surface area (TPSA) is 84.6 Å². The molecule has 1 fully saturated rings. The van der Waals surface area contributed by atoms with Crippen LogP contribution >= 0.6 is 0 Å². The van der Waals surface area contributed by atoms with Crippen molar-refractivity contribution in [2.24, 2.45) is 5.92 Å². The van der Waals surface area contributed by atoms with E-state index in [0.717, 1.165) is 25.7 Å². The van der Waals surface area contributed by atoms with Crippen molar-refractivity contribution in [1.29, 1.82) is 0 Å². The zero-order valence-electron chi connectivity index (χ0n) is 12.2. The van der Waals surface area contributed by atoms with Crippen molar-refractivity contribution in [2.75, 3.05) is 18.5 Å². The number of benzene rings is 1. The minimum absolute atomic E-state index is 0.0374. The predicted molar refractivity (Wildman–Crippen MR) is 80.7 cm³/mol. The van der Waals surface area contributed by atoms with Gasteiger partial charge in [0.05, 0.1) is 17.6 Å². The molecule has 0 amide bonds. The Labute approximate surface area is 124 Å². The first-order chi connectivity index (χ1) is 10.1. The van der Waals surface area contributed by atoms with Crippen molar-refractivity contribution in [2.45, 2.75) is 38.7 Å². The molecule has 2 N–H and O–H groups in total. The van der Waals surface area contributed by atoms with E-state index >= 15 is 0 Å². The number of anilines is 1. The first kappa shape index (κ1) is 15.6. The Morgan fingerprint density at radius 2 is 2.19 bits per heavy atom. The molecular weight excluding hydrogens is 272 g/mol. The number of ether oxygens (including phenoxy) is 1. The molecule has 1 saturated carbocycles. The fraction of sp³-hybridized carbons (Fsp3) is 0.600. The van der Waals surface area contributed by atoms with Crippen LogP contribution in [0.25, 0.3) is 0 Å². The van der Waals surface area contributed by atoms with E-state index in [2.05, 4.69) is 5.32 Å². The summed E-state index contributed by atoms with van der Waals surface area (Å²) >= 11 is 0. The number of hydrogen-bond donors (Lipinski definition) is 2. The lowest BCUT2D eigenvalue weighted by atomic mass is 9.86. The van der Waals surface area contributed by atoms with E-state index in [4.69, 9.17) is 4.74 Å². The van der Waals surface area contributed by atoms with Crippen LogP contribution in [-0.4, -0.2) is 29.3 Å². The van der Waals surface area contributed by atoms with Crippen LogP contribution in [0.15, 0.2) is 18.2 Å². The second-order valence-corrected chi connectivity index (χ2v) is 5.34. The molecule has 21 heavy (non-hydrogen) atoms. The molecule has 0 saturated heterocycles. The van der Waals surface area contributed by atoms with Crippen molar-refractivity contribution in [3.05, 3.63) is 28.3 Å². The Balaban J connectivity index is 2.11. The molecule has 1 aromatic carbocycles. The second-order valence-electron chi connectivity index (χ2n) is 5.34. The van der Waals surface area contributed by atoms with E-state index in [-0.39, 0.29) is 23.5 Å². The molecule has 2 unspecified atom stereocenters. The number of nitrogens with one attached hydrogen (secondary N) is 1. The maximum absolute atomic E-state index is 11.3. The van der Waals surface area contributed by atoms with Crippen LogP contribution in [0.3, 0.4) is 0 Å². The summed E-state index contributed by atoms with van der Waals surface area (Å²) in [6.07, 6.45) is 3.60. The lowest BCUT2D eigenvalue weighted by Gasteiger charge is -2.27. The van der Waals surface area contributed by atoms with Gasteiger partial charge < -0.3 is 15.2 Å². The molecule has 0 heterocycles. The van der Waals surface area contributed by atoms with Crippen LogP contribution in [0, 0.1) is 16.0 Å². The van der Waals surface area contributed by atoms with E-state index in [1.54, 1.807) is 25.1 Å². The van der Waals surface area contributed by atoms with Gasteiger partial charge in [-0.05, 0) is 31.9 Å². The molecule has 6 nitrogen and oxygen atoms in total. The molecule has 0 aliphatic heterocycles. The van der Waals surface area contributed by atoms with E-state index in [1.165, 1.54) is 0 Å². The van der Waals surface area contributed by atoms with Crippen LogP contribution in [0.5, 0.6) is 5.75 Å². The molecular formula is C15H22N2O4. The quantitative estimate of drug-likeness (QED) is 0.622. The maximum atomic E-state index is 11.3. The van der Waals surface area contributed by atoms with E-state index < -0.39 is 4.92 Å². The summed E-state index contributed by atoms with van der Waals surface area (Å²) in [5, 5.41) is 24.3. The molecule has 1 aromatic rings. The summed E-state index contributed by atoms with van der Waals surface area (Å²) in [6.45, 7) is 2.71. The average Bonchev–Trinajstić information content (AvgIpc) is 2.46. The van der Waals surface area contributed by atoms with Crippen molar-refractivity contribution >= 4 is 11.4 Å². The summed E-state index contributed by atoms with van der Waals surface area (Å²) in [6, 6.07) is 5.01. The summed E-state index contributed by atoms with van der Waals surface area (Å²) in [5.74, 6) is 0.422. The fourth-order valence-electron chi connectivity index (χ4n) is 2.79. The van der Waals surface area contributed by atoms with Gasteiger partial charge in [0, 0.05) is 12.5 Å². The molecule has 6 heteroatoms. The number of aliphatic hydroxyl groups is 1. The normalized spacial score (nSPS) is 21.8. The standard InChI is InChI=1S/C15H22N2O4/c1-2-21-14-9-5-7-12(15(14)17(19)20)16-10-11-6-3-4-8-13(11)18/h5,7,9,11,13,16,18H,2-4,6,8,10H2,1H3. The third-order valence-electron chi connectivity index (χ3n) is 3.91. The van der Waals surface area contributed by atoms with Gasteiger partial charge in [0.25, 0.3) is 0 Å². The summed E-state index contributed by atoms with van der Waals surface area (Å²) in [5.41, 5.74) is 0.411. The lowest BCUT2D eigenvalue weighted by Crippen LogP contribution is -2.30. The van der Waals surface area contributed by atoms with Gasteiger partial charge in [-0.1, -0.05) is 18.9 Å². The molecule has 1 aliphatic carbocycles. The van der Waals surface area contributed by atoms with Crippen LogP contribution in [0.4, 0.5) is 11.4 Å². The zero-order valence-corrected chi connectivity index (χ0v) is 12.2. The summed E-state index contributed by atoms with van der Waals surface area (Å²) < 4.78 is 5.32. The number of para-hydroxylation sites is 1. The van der Waals surface area contributed by atoms with Gasteiger partial charge in [0.15, 0.2) is 5.75 Å². The Morgan fingerprint density at radius 1 is 1.43 bits per heavy atom. The summed E-state index contributed by atoms with van der Waals surface area (Å²) in [4.78, 5) is 10.8. The zero-order chi connectivity index (χ0) is 15.2. The van der Waals surface area contributed by atoms with Crippen molar-refractivity contribution in [3.63, 3.8) is 0 Å². The van der Waals surface area contributed by atoms with Crippen LogP contribution < -0.4 is 10.1 Å². The van der Waals surface area contributed by atoms with Crippen LogP contribution in [0.1, 0.15) is 32.6 Å². The van der Waals surface area contributed by atoms with Crippen LogP contribution in [-0.2, 0) is 0 Å². The molecule has 0 spiro atoms. The van der Waals surface area contributed by atoms with Gasteiger partial charge in [0.2, 0.25) is 0 Å². The monoisotopic (exact) mass is 294 g/mol. The van der Waals surface area contributed by atoms with E-state index in [9.17, 15) is 15.2 Å².